The Hall–Kier alpha value is -1.31. The quantitative estimate of drug-likeness (QED) is 0.283. The van der Waals surface area contributed by atoms with Crippen molar-refractivity contribution >= 4 is 89.0 Å². The lowest BCUT2D eigenvalue weighted by atomic mass is 10.3. The summed E-state index contributed by atoms with van der Waals surface area (Å²) in [5, 5.41) is -0.361. The fraction of sp³-hybridized carbons (Fsp3) is 0. The van der Waals surface area contributed by atoms with Crippen molar-refractivity contribution in [2.75, 3.05) is 0 Å². The lowest BCUT2D eigenvalue weighted by Crippen LogP contribution is -2.23. The van der Waals surface area contributed by atoms with Crippen molar-refractivity contribution in [1.82, 2.24) is 0 Å². The lowest BCUT2D eigenvalue weighted by molar-refractivity contribution is 0.481. The number of halogens is 3. The summed E-state index contributed by atoms with van der Waals surface area (Å²) in [6, 6.07) is 10.8. The highest BCUT2D eigenvalue weighted by Crippen LogP contribution is 2.38. The predicted molar refractivity (Wildman–Crippen MR) is 130 cm³/mol. The molecule has 0 amide bonds. The van der Waals surface area contributed by atoms with Crippen LogP contribution in [0, 0.1) is 0 Å². The van der Waals surface area contributed by atoms with Crippen LogP contribution in [0.1, 0.15) is 0 Å². The van der Waals surface area contributed by atoms with Crippen LogP contribution in [-0.2, 0) is 30.4 Å². The minimum Gasteiger partial charge on any atom is -0.282 e. The molecule has 0 aliphatic rings. The molecule has 182 valence electrons. The summed E-state index contributed by atoms with van der Waals surface area (Å²) in [5.41, 5.74) is 0. The van der Waals surface area contributed by atoms with E-state index in [-0.39, 0.29) is 31.0 Å². The van der Waals surface area contributed by atoms with Gasteiger partial charge in [-0.3, -0.25) is 13.7 Å². The van der Waals surface area contributed by atoms with Gasteiger partial charge in [-0.05, 0) is 60.2 Å². The lowest BCUT2D eigenvalue weighted by Gasteiger charge is -2.21. The molecule has 0 heterocycles. The Labute approximate surface area is 211 Å². The largest absolute Gasteiger partial charge is 0.296 e. The Balaban J connectivity index is 2.40. The summed E-state index contributed by atoms with van der Waals surface area (Å²) in [7, 11) is -16.3. The van der Waals surface area contributed by atoms with Gasteiger partial charge in [0.25, 0.3) is 30.4 Å². The molecule has 0 radical (unpaired) electrons. The number of rotatable bonds is 6. The van der Waals surface area contributed by atoms with Crippen LogP contribution < -0.4 is 15.9 Å². The van der Waals surface area contributed by atoms with Crippen LogP contribution in [-0.4, -0.2) is 38.9 Å². The Morgan fingerprint density at radius 2 is 0.735 bits per heavy atom. The van der Waals surface area contributed by atoms with Gasteiger partial charge in [0.05, 0.1) is 15.1 Å². The molecule has 0 saturated carbocycles. The van der Waals surface area contributed by atoms with Crippen LogP contribution in [0.15, 0.2) is 69.3 Å². The van der Waals surface area contributed by atoms with Crippen LogP contribution in [0.3, 0.4) is 0 Å². The molecule has 3 aromatic carbocycles. The first-order valence-electron chi connectivity index (χ1n) is 8.61. The molecular formula is C18H12Cl3O9PS3. The first kappa shape index (κ1) is 27.3. The molecule has 9 nitrogen and oxygen atoms in total. The maximum atomic E-state index is 11.8. The van der Waals surface area contributed by atoms with E-state index >= 15 is 0 Å². The first-order valence-corrected chi connectivity index (χ1v) is 15.4. The Morgan fingerprint density at radius 3 is 0.941 bits per heavy atom. The van der Waals surface area contributed by atoms with Crippen molar-refractivity contribution in [3.05, 3.63) is 69.7 Å². The number of hydrogen-bond acceptors (Lipinski definition) is 6. The average Bonchev–Trinajstić information content (AvgIpc) is 2.69. The summed E-state index contributed by atoms with van der Waals surface area (Å²) >= 11 is 17.7. The van der Waals surface area contributed by atoms with Gasteiger partial charge in [0.2, 0.25) is 0 Å². The fourth-order valence-corrected chi connectivity index (χ4v) is 8.54. The van der Waals surface area contributed by atoms with Gasteiger partial charge in [-0.2, -0.15) is 25.3 Å². The molecular weight excluding hydrogens is 594 g/mol. The molecule has 0 bridgehead atoms. The summed E-state index contributed by atoms with van der Waals surface area (Å²) < 4.78 is 99.3. The third-order valence-electron chi connectivity index (χ3n) is 4.35. The molecule has 0 fully saturated rings. The van der Waals surface area contributed by atoms with Crippen LogP contribution in [0.4, 0.5) is 0 Å². The zero-order chi connectivity index (χ0) is 25.6. The van der Waals surface area contributed by atoms with Gasteiger partial charge in [-0.25, -0.2) is 0 Å². The zero-order valence-corrected chi connectivity index (χ0v) is 21.9. The zero-order valence-electron chi connectivity index (χ0n) is 16.3. The van der Waals surface area contributed by atoms with Gasteiger partial charge in [-0.15, -0.1) is 0 Å². The molecule has 3 aromatic rings. The Bertz CT molecular complexity index is 1430. The van der Waals surface area contributed by atoms with Gasteiger partial charge in [-0.1, -0.05) is 53.0 Å². The van der Waals surface area contributed by atoms with E-state index in [0.717, 1.165) is 18.2 Å². The second-order valence-electron chi connectivity index (χ2n) is 6.60. The monoisotopic (exact) mass is 604 g/mol. The molecule has 0 spiro atoms. The minimum absolute atomic E-state index is 0.180. The van der Waals surface area contributed by atoms with Crippen LogP contribution in [0.2, 0.25) is 15.1 Å². The summed E-state index contributed by atoms with van der Waals surface area (Å²) in [6.45, 7) is 0. The molecule has 3 rings (SSSR count). The Morgan fingerprint density at radius 1 is 0.500 bits per heavy atom. The van der Waals surface area contributed by atoms with Crippen LogP contribution >= 0.6 is 42.7 Å². The summed E-state index contributed by atoms with van der Waals surface area (Å²) in [5.74, 6) is 0. The van der Waals surface area contributed by atoms with E-state index in [1.165, 1.54) is 36.4 Å². The van der Waals surface area contributed by atoms with E-state index in [0.29, 0.717) is 0 Å². The normalized spacial score (nSPS) is 12.8. The summed E-state index contributed by atoms with van der Waals surface area (Å²) in [4.78, 5) is -1.94. The van der Waals surface area contributed by atoms with Crippen molar-refractivity contribution in [2.45, 2.75) is 14.7 Å². The summed E-state index contributed by atoms with van der Waals surface area (Å²) in [6.07, 6.45) is 0. The van der Waals surface area contributed by atoms with Crippen molar-refractivity contribution in [2.24, 2.45) is 0 Å². The van der Waals surface area contributed by atoms with Crippen molar-refractivity contribution < 1.29 is 38.9 Å². The van der Waals surface area contributed by atoms with E-state index in [4.69, 9.17) is 34.8 Å². The van der Waals surface area contributed by atoms with Gasteiger partial charge >= 0.3 is 0 Å². The highest BCUT2D eigenvalue weighted by molar-refractivity contribution is 7.87. The molecule has 3 N–H and O–H groups in total. The second-order valence-corrected chi connectivity index (χ2v) is 14.2. The predicted octanol–water partition coefficient (Wildman–Crippen LogP) is 3.15. The highest BCUT2D eigenvalue weighted by atomic mass is 35.5. The number of benzene rings is 3. The molecule has 0 saturated heterocycles. The molecule has 0 aliphatic carbocycles. The maximum Gasteiger partial charge on any atom is 0.296 e. The SMILES string of the molecule is O=S(=O)(O)c1cc(P(c2ccc(Cl)c(S(=O)(=O)O)c2)c2ccc(Cl)c(S(=O)(=O)O)c2)ccc1Cl. The molecule has 0 aliphatic heterocycles. The highest BCUT2D eigenvalue weighted by Gasteiger charge is 2.26. The first-order chi connectivity index (χ1) is 15.5. The maximum absolute atomic E-state index is 11.8. The van der Waals surface area contributed by atoms with Gasteiger partial charge in [0.15, 0.2) is 0 Å². The van der Waals surface area contributed by atoms with Gasteiger partial charge < -0.3 is 0 Å². The molecule has 16 heteroatoms. The van der Waals surface area contributed by atoms with Crippen molar-refractivity contribution in [3.63, 3.8) is 0 Å². The third kappa shape index (κ3) is 5.90. The molecule has 0 unspecified atom stereocenters. The topological polar surface area (TPSA) is 163 Å². The third-order valence-corrected chi connectivity index (χ3v) is 10.7. The smallest absolute Gasteiger partial charge is 0.282 e. The van der Waals surface area contributed by atoms with E-state index < -0.39 is 53.0 Å². The van der Waals surface area contributed by atoms with E-state index in [1.54, 1.807) is 0 Å². The van der Waals surface area contributed by atoms with Crippen molar-refractivity contribution in [1.29, 1.82) is 0 Å². The molecule has 34 heavy (non-hydrogen) atoms. The molecule has 0 aromatic heterocycles. The molecule has 0 atom stereocenters. The average molecular weight is 606 g/mol. The van der Waals surface area contributed by atoms with Crippen molar-refractivity contribution in [3.8, 4) is 0 Å². The fourth-order valence-electron chi connectivity index (χ4n) is 2.93. The van der Waals surface area contributed by atoms with Crippen LogP contribution in [0.25, 0.3) is 0 Å². The van der Waals surface area contributed by atoms with Gasteiger partial charge in [0, 0.05) is 0 Å². The Kier molecular flexibility index (Phi) is 7.72. The van der Waals surface area contributed by atoms with Gasteiger partial charge in [0.1, 0.15) is 14.7 Å². The van der Waals surface area contributed by atoms with E-state index in [1.807, 2.05) is 0 Å². The standard InChI is InChI=1S/C18H12Cl3O9PS3/c19-13-4-1-10(7-16(13)32(22,23)24)31(11-2-5-14(20)17(8-11)33(25,26)27)12-3-6-15(21)18(9-12)34(28,29)30/h1-9H,(H,22,23,24)(H,25,26,27)(H,28,29,30). The van der Waals surface area contributed by atoms with E-state index in [9.17, 15) is 38.9 Å². The van der Waals surface area contributed by atoms with E-state index in [2.05, 4.69) is 0 Å². The van der Waals surface area contributed by atoms with Crippen LogP contribution in [0.5, 0.6) is 0 Å². The minimum atomic E-state index is -4.77. The number of hydrogen-bond donors (Lipinski definition) is 3. The second kappa shape index (κ2) is 9.62.